The first-order chi connectivity index (χ1) is 9.88. The van der Waals surface area contributed by atoms with Crippen LogP contribution in [0.2, 0.25) is 5.02 Å². The van der Waals surface area contributed by atoms with Gasteiger partial charge in [0.05, 0.1) is 10.4 Å². The number of carboxylic acid groups (broad SMARTS) is 1. The van der Waals surface area contributed by atoms with Gasteiger partial charge in [-0.15, -0.1) is 0 Å². The number of halogens is 2. The first kappa shape index (κ1) is 16.1. The van der Waals surface area contributed by atoms with Crippen molar-refractivity contribution in [2.75, 3.05) is 13.1 Å². The van der Waals surface area contributed by atoms with Crippen LogP contribution in [0.5, 0.6) is 5.75 Å². The van der Waals surface area contributed by atoms with Gasteiger partial charge in [0.15, 0.2) is 6.10 Å². The van der Waals surface area contributed by atoms with Crippen molar-refractivity contribution in [1.29, 1.82) is 0 Å². The maximum absolute atomic E-state index is 12.3. The summed E-state index contributed by atoms with van der Waals surface area (Å²) in [7, 11) is 0. The van der Waals surface area contributed by atoms with Gasteiger partial charge in [0.2, 0.25) is 0 Å². The predicted molar refractivity (Wildman–Crippen MR) is 81.6 cm³/mol. The molecule has 1 heterocycles. The highest BCUT2D eigenvalue weighted by atomic mass is 79.9. The molecule has 2 rings (SSSR count). The Balaban J connectivity index is 1.98. The minimum atomic E-state index is -0.862. The fraction of sp³-hybridized carbons (Fsp3) is 0.429. The predicted octanol–water partition coefficient (Wildman–Crippen LogP) is 2.80. The minimum Gasteiger partial charge on any atom is -0.481 e. The number of amides is 1. The number of aliphatic carboxylic acids is 1. The molecule has 0 radical (unpaired) electrons. The first-order valence-electron chi connectivity index (χ1n) is 6.51. The number of nitrogens with zero attached hydrogens (tertiary/aromatic N) is 1. The first-order valence-corrected chi connectivity index (χ1v) is 7.69. The van der Waals surface area contributed by atoms with Gasteiger partial charge in [-0.2, -0.15) is 0 Å². The second kappa shape index (κ2) is 6.66. The van der Waals surface area contributed by atoms with Crippen LogP contribution in [0.15, 0.2) is 22.7 Å². The van der Waals surface area contributed by atoms with Crippen molar-refractivity contribution in [3.05, 3.63) is 27.7 Å². The van der Waals surface area contributed by atoms with E-state index in [0.29, 0.717) is 28.2 Å². The van der Waals surface area contributed by atoms with Crippen molar-refractivity contribution in [1.82, 2.24) is 4.90 Å². The summed E-state index contributed by atoms with van der Waals surface area (Å²) in [5, 5.41) is 9.53. The van der Waals surface area contributed by atoms with Gasteiger partial charge < -0.3 is 14.7 Å². The largest absolute Gasteiger partial charge is 0.481 e. The van der Waals surface area contributed by atoms with E-state index in [9.17, 15) is 9.59 Å². The highest BCUT2D eigenvalue weighted by Gasteiger charge is 2.33. The van der Waals surface area contributed by atoms with E-state index in [1.54, 1.807) is 25.1 Å². The van der Waals surface area contributed by atoms with Gasteiger partial charge in [-0.1, -0.05) is 11.6 Å². The number of benzene rings is 1. The van der Waals surface area contributed by atoms with Crippen LogP contribution in [0.25, 0.3) is 0 Å². The molecule has 0 aromatic heterocycles. The molecule has 1 aliphatic heterocycles. The van der Waals surface area contributed by atoms with E-state index in [-0.39, 0.29) is 12.5 Å². The Labute approximate surface area is 136 Å². The Kier molecular flexibility index (Phi) is 5.11. The molecule has 1 amide bonds. The fourth-order valence-corrected chi connectivity index (χ4v) is 3.01. The summed E-state index contributed by atoms with van der Waals surface area (Å²) in [5.74, 6) is -1.03. The number of rotatable bonds is 4. The maximum Gasteiger partial charge on any atom is 0.308 e. The lowest BCUT2D eigenvalue weighted by Gasteiger charge is -2.22. The second-order valence-corrected chi connectivity index (χ2v) is 6.23. The molecule has 21 heavy (non-hydrogen) atoms. The van der Waals surface area contributed by atoms with Crippen molar-refractivity contribution in [3.63, 3.8) is 0 Å². The summed E-state index contributed by atoms with van der Waals surface area (Å²) in [6, 6.07) is 5.04. The van der Waals surface area contributed by atoms with E-state index in [0.717, 1.165) is 0 Å². The summed E-state index contributed by atoms with van der Waals surface area (Å²) in [6.07, 6.45) is -0.201. The van der Waals surface area contributed by atoms with Crippen LogP contribution >= 0.6 is 27.5 Å². The zero-order valence-electron chi connectivity index (χ0n) is 11.4. The average Bonchev–Trinajstić information content (AvgIpc) is 2.90. The normalized spacial score (nSPS) is 19.4. The Hall–Kier alpha value is -1.27. The van der Waals surface area contributed by atoms with Gasteiger partial charge in [0.25, 0.3) is 5.91 Å². The van der Waals surface area contributed by atoms with Crippen LogP contribution in [0, 0.1) is 5.92 Å². The lowest BCUT2D eigenvalue weighted by atomic mass is 10.1. The smallest absolute Gasteiger partial charge is 0.308 e. The molecule has 0 aliphatic carbocycles. The molecule has 2 unspecified atom stereocenters. The third-order valence-corrected chi connectivity index (χ3v) is 4.25. The van der Waals surface area contributed by atoms with Gasteiger partial charge in [0, 0.05) is 18.1 Å². The van der Waals surface area contributed by atoms with Crippen LogP contribution in [0.3, 0.4) is 0 Å². The van der Waals surface area contributed by atoms with Crippen LogP contribution in [0.1, 0.15) is 13.3 Å². The van der Waals surface area contributed by atoms with Crippen molar-refractivity contribution in [2.45, 2.75) is 19.4 Å². The summed E-state index contributed by atoms with van der Waals surface area (Å²) in [4.78, 5) is 24.7. The molecule has 0 saturated carbocycles. The molecule has 5 nitrogen and oxygen atoms in total. The molecule has 114 valence electrons. The number of hydrogen-bond acceptors (Lipinski definition) is 3. The van der Waals surface area contributed by atoms with Gasteiger partial charge >= 0.3 is 5.97 Å². The summed E-state index contributed by atoms with van der Waals surface area (Å²) in [5.41, 5.74) is 0. The molecular weight excluding hydrogens is 362 g/mol. The SMILES string of the molecule is CC(Oc1ccc(Cl)cc1Br)C(=O)N1CCC(C(=O)O)C1. The number of hydrogen-bond donors (Lipinski definition) is 1. The Morgan fingerprint density at radius 3 is 2.81 bits per heavy atom. The summed E-state index contributed by atoms with van der Waals surface area (Å²) < 4.78 is 6.29. The number of carbonyl (C=O) groups is 2. The molecule has 1 N–H and O–H groups in total. The monoisotopic (exact) mass is 375 g/mol. The van der Waals surface area contributed by atoms with Crippen molar-refractivity contribution in [3.8, 4) is 5.75 Å². The van der Waals surface area contributed by atoms with E-state index < -0.39 is 18.0 Å². The third-order valence-electron chi connectivity index (χ3n) is 3.39. The fourth-order valence-electron chi connectivity index (χ4n) is 2.23. The molecule has 0 spiro atoms. The van der Waals surface area contributed by atoms with Gasteiger partial charge in [0.1, 0.15) is 5.75 Å². The van der Waals surface area contributed by atoms with Crippen molar-refractivity contribution >= 4 is 39.4 Å². The number of likely N-dealkylation sites (tertiary alicyclic amines) is 1. The lowest BCUT2D eigenvalue weighted by molar-refractivity contribution is -0.142. The van der Waals surface area contributed by atoms with Crippen molar-refractivity contribution in [2.24, 2.45) is 5.92 Å². The highest BCUT2D eigenvalue weighted by molar-refractivity contribution is 9.10. The van der Waals surface area contributed by atoms with Crippen LogP contribution < -0.4 is 4.74 Å². The molecule has 1 aliphatic rings. The number of carboxylic acids is 1. The summed E-state index contributed by atoms with van der Waals surface area (Å²) in [6.45, 7) is 2.34. The lowest BCUT2D eigenvalue weighted by Crippen LogP contribution is -2.39. The van der Waals surface area contributed by atoms with Crippen LogP contribution in [0.4, 0.5) is 0 Å². The highest BCUT2D eigenvalue weighted by Crippen LogP contribution is 2.29. The molecule has 1 aromatic rings. The van der Waals surface area contributed by atoms with Gasteiger partial charge in [-0.05, 0) is 47.5 Å². The topological polar surface area (TPSA) is 66.8 Å². The molecule has 0 bridgehead atoms. The van der Waals surface area contributed by atoms with E-state index >= 15 is 0 Å². The average molecular weight is 377 g/mol. The van der Waals surface area contributed by atoms with Crippen LogP contribution in [-0.4, -0.2) is 41.1 Å². The van der Waals surface area contributed by atoms with E-state index in [2.05, 4.69) is 15.9 Å². The number of ether oxygens (including phenoxy) is 1. The zero-order chi connectivity index (χ0) is 15.6. The quantitative estimate of drug-likeness (QED) is 0.877. The van der Waals surface area contributed by atoms with Gasteiger partial charge in [-0.25, -0.2) is 0 Å². The van der Waals surface area contributed by atoms with E-state index in [1.165, 1.54) is 4.90 Å². The van der Waals surface area contributed by atoms with E-state index in [1.807, 2.05) is 0 Å². The number of carbonyl (C=O) groups excluding carboxylic acids is 1. The standard InChI is InChI=1S/C14H15BrClNO4/c1-8(21-12-3-2-10(16)6-11(12)15)13(18)17-5-4-9(7-17)14(19)20/h2-3,6,8-9H,4-5,7H2,1H3,(H,19,20). The van der Waals surface area contributed by atoms with Gasteiger partial charge in [-0.3, -0.25) is 9.59 Å². The maximum atomic E-state index is 12.3. The zero-order valence-corrected chi connectivity index (χ0v) is 13.7. The molecule has 7 heteroatoms. The Bertz CT molecular complexity index is 566. The third kappa shape index (κ3) is 3.89. The molecule has 1 aromatic carbocycles. The van der Waals surface area contributed by atoms with Crippen LogP contribution in [-0.2, 0) is 9.59 Å². The molecular formula is C14H15BrClNO4. The second-order valence-electron chi connectivity index (χ2n) is 4.94. The Morgan fingerprint density at radius 2 is 2.24 bits per heavy atom. The Morgan fingerprint density at radius 1 is 1.52 bits per heavy atom. The minimum absolute atomic E-state index is 0.208. The molecule has 1 saturated heterocycles. The summed E-state index contributed by atoms with van der Waals surface area (Å²) >= 11 is 9.17. The molecule has 1 fully saturated rings. The van der Waals surface area contributed by atoms with Crippen molar-refractivity contribution < 1.29 is 19.4 Å². The molecule has 2 atom stereocenters. The van der Waals surface area contributed by atoms with E-state index in [4.69, 9.17) is 21.4 Å².